The lowest BCUT2D eigenvalue weighted by atomic mass is 9.93. The smallest absolute Gasteiger partial charge is 0.0991 e. The van der Waals surface area contributed by atoms with Crippen LogP contribution in [0, 0.1) is 24.2 Å². The van der Waals surface area contributed by atoms with Gasteiger partial charge >= 0.3 is 0 Å². The molecule has 1 aliphatic heterocycles. The molecule has 0 bridgehead atoms. The second-order valence-corrected chi connectivity index (χ2v) is 6.60. The zero-order chi connectivity index (χ0) is 14.8. The molecule has 0 aromatic heterocycles. The van der Waals surface area contributed by atoms with Gasteiger partial charge in [-0.3, -0.25) is 4.90 Å². The summed E-state index contributed by atoms with van der Waals surface area (Å²) < 4.78 is 0. The summed E-state index contributed by atoms with van der Waals surface area (Å²) in [6.45, 7) is 4.17. The first kappa shape index (κ1) is 14.6. The molecule has 1 saturated carbocycles. The molecule has 1 aromatic carbocycles. The van der Waals surface area contributed by atoms with Crippen LogP contribution in [-0.2, 0) is 6.54 Å². The molecule has 1 saturated heterocycles. The van der Waals surface area contributed by atoms with Gasteiger partial charge in [0, 0.05) is 18.5 Å². The fourth-order valence-corrected chi connectivity index (χ4v) is 4.11. The van der Waals surface area contributed by atoms with Crippen molar-refractivity contribution in [2.24, 2.45) is 5.92 Å². The Bertz CT molecular complexity index is 549. The number of aryl methyl sites for hydroxylation is 1. The molecule has 3 nitrogen and oxygen atoms in total. The highest BCUT2D eigenvalue weighted by Crippen LogP contribution is 2.36. The Kier molecular flexibility index (Phi) is 4.28. The zero-order valence-electron chi connectivity index (χ0n) is 12.8. The van der Waals surface area contributed by atoms with Gasteiger partial charge in [-0.25, -0.2) is 0 Å². The average Bonchev–Trinajstić information content (AvgIpc) is 3.09. The van der Waals surface area contributed by atoms with E-state index >= 15 is 0 Å². The Hall–Kier alpha value is -1.37. The highest BCUT2D eigenvalue weighted by molar-refractivity contribution is 5.37. The van der Waals surface area contributed by atoms with Crippen LogP contribution < -0.4 is 0 Å². The monoisotopic (exact) mass is 284 g/mol. The van der Waals surface area contributed by atoms with Crippen molar-refractivity contribution in [3.63, 3.8) is 0 Å². The van der Waals surface area contributed by atoms with Gasteiger partial charge in [-0.05, 0) is 62.4 Å². The van der Waals surface area contributed by atoms with E-state index in [0.29, 0.717) is 12.0 Å². The Labute approximate surface area is 127 Å². The first-order valence-corrected chi connectivity index (χ1v) is 8.11. The third-order valence-electron chi connectivity index (χ3n) is 5.29. The van der Waals surface area contributed by atoms with Crippen molar-refractivity contribution in [2.75, 3.05) is 6.54 Å². The number of nitriles is 1. The molecule has 0 radical (unpaired) electrons. The van der Waals surface area contributed by atoms with Crippen molar-refractivity contribution >= 4 is 0 Å². The lowest BCUT2D eigenvalue weighted by molar-refractivity contribution is 0.0718. The number of aliphatic hydroxyl groups is 1. The summed E-state index contributed by atoms with van der Waals surface area (Å²) in [5, 5.41) is 19.2. The van der Waals surface area contributed by atoms with Gasteiger partial charge in [0.05, 0.1) is 17.7 Å². The summed E-state index contributed by atoms with van der Waals surface area (Å²) in [4.78, 5) is 2.55. The van der Waals surface area contributed by atoms with E-state index in [9.17, 15) is 5.11 Å². The molecular formula is C18H24N2O. The maximum Gasteiger partial charge on any atom is 0.0991 e. The Morgan fingerprint density at radius 2 is 2.14 bits per heavy atom. The minimum Gasteiger partial charge on any atom is -0.393 e. The number of hydrogen-bond donors (Lipinski definition) is 1. The van der Waals surface area contributed by atoms with Crippen molar-refractivity contribution in [3.05, 3.63) is 34.9 Å². The number of benzene rings is 1. The third kappa shape index (κ3) is 2.97. The molecule has 3 rings (SSSR count). The topological polar surface area (TPSA) is 47.3 Å². The van der Waals surface area contributed by atoms with Crippen molar-refractivity contribution in [1.29, 1.82) is 5.26 Å². The second kappa shape index (κ2) is 6.17. The third-order valence-corrected chi connectivity index (χ3v) is 5.29. The first-order valence-electron chi connectivity index (χ1n) is 8.11. The van der Waals surface area contributed by atoms with Crippen LogP contribution in [0.3, 0.4) is 0 Å². The van der Waals surface area contributed by atoms with E-state index in [1.54, 1.807) is 0 Å². The predicted octanol–water partition coefficient (Wildman–Crippen LogP) is 2.99. The number of rotatable bonds is 3. The number of hydrogen-bond acceptors (Lipinski definition) is 3. The Morgan fingerprint density at radius 1 is 1.29 bits per heavy atom. The fraction of sp³-hybridized carbons (Fsp3) is 0.611. The largest absolute Gasteiger partial charge is 0.393 e. The van der Waals surface area contributed by atoms with Crippen molar-refractivity contribution in [1.82, 2.24) is 4.90 Å². The van der Waals surface area contributed by atoms with E-state index < -0.39 is 0 Å². The molecule has 0 amide bonds. The van der Waals surface area contributed by atoms with Crippen LogP contribution in [0.4, 0.5) is 0 Å². The minimum absolute atomic E-state index is 0.0994. The summed E-state index contributed by atoms with van der Waals surface area (Å²) in [5.74, 6) is 0.464. The maximum absolute atomic E-state index is 10.2. The summed E-state index contributed by atoms with van der Waals surface area (Å²) >= 11 is 0. The molecule has 2 aliphatic rings. The molecule has 3 heteroatoms. The van der Waals surface area contributed by atoms with Crippen LogP contribution in [0.25, 0.3) is 0 Å². The lowest BCUT2D eigenvalue weighted by Gasteiger charge is -2.31. The highest BCUT2D eigenvalue weighted by Gasteiger charge is 2.38. The molecule has 2 fully saturated rings. The van der Waals surface area contributed by atoms with Crippen molar-refractivity contribution < 1.29 is 5.11 Å². The van der Waals surface area contributed by atoms with Gasteiger partial charge in [0.2, 0.25) is 0 Å². The van der Waals surface area contributed by atoms with Gasteiger partial charge in [0.1, 0.15) is 0 Å². The van der Waals surface area contributed by atoms with Gasteiger partial charge in [-0.15, -0.1) is 0 Å². The standard InChI is InChI=1S/C18H24N2O/c1-13-10-14(11-19)7-8-15(13)12-20-9-3-5-17(20)16-4-2-6-18(16)21/h7-8,10,16-18,21H,2-6,9,12H2,1H3. The summed E-state index contributed by atoms with van der Waals surface area (Å²) in [6.07, 6.45) is 5.68. The van der Waals surface area contributed by atoms with E-state index in [1.165, 1.54) is 36.8 Å². The van der Waals surface area contributed by atoms with Crippen LogP contribution in [0.1, 0.15) is 48.8 Å². The van der Waals surface area contributed by atoms with E-state index in [-0.39, 0.29) is 6.10 Å². The SMILES string of the molecule is Cc1cc(C#N)ccc1CN1CCCC1C1CCCC1O. The van der Waals surface area contributed by atoms with Crippen LogP contribution in [0.2, 0.25) is 0 Å². The molecule has 3 atom stereocenters. The molecule has 1 aromatic rings. The molecule has 0 spiro atoms. The van der Waals surface area contributed by atoms with E-state index in [0.717, 1.165) is 25.1 Å². The second-order valence-electron chi connectivity index (χ2n) is 6.60. The molecule has 1 N–H and O–H groups in total. The molecule has 112 valence electrons. The zero-order valence-corrected chi connectivity index (χ0v) is 12.8. The minimum atomic E-state index is -0.0994. The molecule has 21 heavy (non-hydrogen) atoms. The fourth-order valence-electron chi connectivity index (χ4n) is 4.11. The predicted molar refractivity (Wildman–Crippen MR) is 82.7 cm³/mol. The Morgan fingerprint density at radius 3 is 2.81 bits per heavy atom. The summed E-state index contributed by atoms with van der Waals surface area (Å²) in [7, 11) is 0. The van der Waals surface area contributed by atoms with Crippen molar-refractivity contribution in [3.8, 4) is 6.07 Å². The maximum atomic E-state index is 10.2. The van der Waals surface area contributed by atoms with Crippen LogP contribution >= 0.6 is 0 Å². The molecule has 1 aliphatic carbocycles. The summed E-state index contributed by atoms with van der Waals surface area (Å²) in [6, 6.07) is 8.72. The van der Waals surface area contributed by atoms with E-state index in [4.69, 9.17) is 5.26 Å². The van der Waals surface area contributed by atoms with Gasteiger partial charge in [-0.1, -0.05) is 12.5 Å². The first-order chi connectivity index (χ1) is 10.2. The Balaban J connectivity index is 1.73. The molecule has 3 unspecified atom stereocenters. The molecule has 1 heterocycles. The number of nitrogens with zero attached hydrogens (tertiary/aromatic N) is 2. The average molecular weight is 284 g/mol. The van der Waals surface area contributed by atoms with Crippen LogP contribution in [0.5, 0.6) is 0 Å². The highest BCUT2D eigenvalue weighted by atomic mass is 16.3. The van der Waals surface area contributed by atoms with Gasteiger partial charge in [-0.2, -0.15) is 5.26 Å². The summed E-state index contributed by atoms with van der Waals surface area (Å²) in [5.41, 5.74) is 3.25. The lowest BCUT2D eigenvalue weighted by Crippen LogP contribution is -2.38. The normalized spacial score (nSPS) is 29.7. The van der Waals surface area contributed by atoms with Crippen LogP contribution in [0.15, 0.2) is 18.2 Å². The van der Waals surface area contributed by atoms with Crippen LogP contribution in [-0.4, -0.2) is 28.7 Å². The van der Waals surface area contributed by atoms with Gasteiger partial charge in [0.15, 0.2) is 0 Å². The quantitative estimate of drug-likeness (QED) is 0.928. The van der Waals surface area contributed by atoms with E-state index in [1.807, 2.05) is 12.1 Å². The van der Waals surface area contributed by atoms with Gasteiger partial charge in [0.25, 0.3) is 0 Å². The van der Waals surface area contributed by atoms with E-state index in [2.05, 4.69) is 24.0 Å². The van der Waals surface area contributed by atoms with Gasteiger partial charge < -0.3 is 5.11 Å². The number of likely N-dealkylation sites (tertiary alicyclic amines) is 1. The van der Waals surface area contributed by atoms with Crippen molar-refractivity contribution in [2.45, 2.75) is 57.7 Å². The number of aliphatic hydroxyl groups excluding tert-OH is 1. The molecular weight excluding hydrogens is 260 g/mol.